The number of guanidine groups is 1. The fraction of sp³-hybridized carbons (Fsp3) is 0.476. The molecule has 0 amide bonds. The number of ether oxygens (including phenoxy) is 1. The van der Waals surface area contributed by atoms with Crippen molar-refractivity contribution in [3.63, 3.8) is 0 Å². The van der Waals surface area contributed by atoms with Gasteiger partial charge in [0.25, 0.3) is 0 Å². The first kappa shape index (κ1) is 19.7. The van der Waals surface area contributed by atoms with E-state index in [-0.39, 0.29) is 0 Å². The number of hydrogen-bond acceptors (Lipinski definition) is 4. The monoisotopic (exact) mass is 386 g/mol. The maximum atomic E-state index is 5.72. The maximum absolute atomic E-state index is 5.72. The number of benzene rings is 1. The van der Waals surface area contributed by atoms with Crippen molar-refractivity contribution in [2.75, 3.05) is 40.3 Å². The lowest BCUT2D eigenvalue weighted by Gasteiger charge is -2.39. The molecule has 1 aliphatic heterocycles. The van der Waals surface area contributed by atoms with Crippen molar-refractivity contribution in [3.05, 3.63) is 52.7 Å². The average Bonchev–Trinajstić information content (AvgIpc) is 3.22. The summed E-state index contributed by atoms with van der Waals surface area (Å²) < 4.78 is 5.72. The standard InChI is InChI=1S/C21H30N4OS/c1-22-21(23-12-14-26-18-9-4-3-5-10-18)24-16-17-8-6-13-25(2)20(17)19-11-7-15-27-19/h3-5,7,9-11,15,17,20H,6,8,12-14,16H2,1-2H3,(H2,22,23,24). The third kappa shape index (κ3) is 5.71. The van der Waals surface area contributed by atoms with Crippen molar-refractivity contribution in [3.8, 4) is 5.75 Å². The van der Waals surface area contributed by atoms with Crippen molar-refractivity contribution in [1.82, 2.24) is 15.5 Å². The van der Waals surface area contributed by atoms with Crippen molar-refractivity contribution >= 4 is 17.3 Å². The van der Waals surface area contributed by atoms with Crippen LogP contribution in [0.2, 0.25) is 0 Å². The van der Waals surface area contributed by atoms with Gasteiger partial charge in [0.2, 0.25) is 0 Å². The summed E-state index contributed by atoms with van der Waals surface area (Å²) in [4.78, 5) is 8.30. The first-order valence-corrected chi connectivity index (χ1v) is 10.5. The molecule has 2 N–H and O–H groups in total. The van der Waals surface area contributed by atoms with Crippen LogP contribution in [0.5, 0.6) is 5.75 Å². The number of thiophene rings is 1. The minimum atomic E-state index is 0.491. The Balaban J connectivity index is 1.45. The van der Waals surface area contributed by atoms with Gasteiger partial charge in [-0.1, -0.05) is 24.3 Å². The highest BCUT2D eigenvalue weighted by Crippen LogP contribution is 2.36. The molecule has 6 heteroatoms. The molecule has 1 aliphatic rings. The Morgan fingerprint density at radius 1 is 1.22 bits per heavy atom. The van der Waals surface area contributed by atoms with Crippen LogP contribution in [0.1, 0.15) is 23.8 Å². The first-order valence-electron chi connectivity index (χ1n) is 9.64. The fourth-order valence-corrected chi connectivity index (χ4v) is 4.67. The van der Waals surface area contributed by atoms with Gasteiger partial charge in [-0.3, -0.25) is 9.89 Å². The lowest BCUT2D eigenvalue weighted by Crippen LogP contribution is -2.45. The molecule has 5 nitrogen and oxygen atoms in total. The molecule has 3 rings (SSSR count). The van der Waals surface area contributed by atoms with Crippen LogP contribution in [-0.4, -0.2) is 51.2 Å². The molecule has 0 saturated carbocycles. The number of nitrogens with zero attached hydrogens (tertiary/aromatic N) is 2. The summed E-state index contributed by atoms with van der Waals surface area (Å²) in [5.74, 6) is 2.32. The fourth-order valence-electron chi connectivity index (χ4n) is 3.69. The molecule has 1 aromatic heterocycles. The van der Waals surface area contributed by atoms with Gasteiger partial charge >= 0.3 is 0 Å². The van der Waals surface area contributed by atoms with Crippen LogP contribution in [0.4, 0.5) is 0 Å². The molecule has 1 aromatic carbocycles. The number of rotatable bonds is 7. The van der Waals surface area contributed by atoms with E-state index in [1.165, 1.54) is 24.3 Å². The third-order valence-electron chi connectivity index (χ3n) is 5.00. The Bertz CT molecular complexity index is 689. The van der Waals surface area contributed by atoms with Crippen LogP contribution >= 0.6 is 11.3 Å². The summed E-state index contributed by atoms with van der Waals surface area (Å²) in [6, 6.07) is 14.8. The number of hydrogen-bond donors (Lipinski definition) is 2. The van der Waals surface area contributed by atoms with Gasteiger partial charge in [0.05, 0.1) is 6.54 Å². The second-order valence-electron chi connectivity index (χ2n) is 6.88. The summed E-state index contributed by atoms with van der Waals surface area (Å²) in [6.07, 6.45) is 2.50. The second-order valence-corrected chi connectivity index (χ2v) is 7.86. The molecule has 2 unspecified atom stereocenters. The van der Waals surface area contributed by atoms with Gasteiger partial charge in [0, 0.05) is 24.5 Å². The molecule has 27 heavy (non-hydrogen) atoms. The molecule has 0 spiro atoms. The Morgan fingerprint density at radius 3 is 2.81 bits per heavy atom. The SMILES string of the molecule is CN=C(NCCOc1ccccc1)NCC1CCCN(C)C1c1cccs1. The number of nitrogens with one attached hydrogen (secondary N) is 2. The zero-order valence-corrected chi connectivity index (χ0v) is 17.0. The Morgan fingerprint density at radius 2 is 2.07 bits per heavy atom. The summed E-state index contributed by atoms with van der Waals surface area (Å²) in [7, 11) is 4.06. The van der Waals surface area contributed by atoms with E-state index >= 15 is 0 Å². The third-order valence-corrected chi connectivity index (χ3v) is 5.95. The minimum absolute atomic E-state index is 0.491. The van der Waals surface area contributed by atoms with Crippen LogP contribution in [0, 0.1) is 5.92 Å². The van der Waals surface area contributed by atoms with Crippen molar-refractivity contribution < 1.29 is 4.74 Å². The van der Waals surface area contributed by atoms with Gasteiger partial charge in [-0.2, -0.15) is 0 Å². The van der Waals surface area contributed by atoms with Crippen LogP contribution in [0.25, 0.3) is 0 Å². The zero-order valence-electron chi connectivity index (χ0n) is 16.2. The van der Waals surface area contributed by atoms with Gasteiger partial charge in [0.1, 0.15) is 12.4 Å². The summed E-state index contributed by atoms with van der Waals surface area (Å²) in [6.45, 7) is 3.41. The summed E-state index contributed by atoms with van der Waals surface area (Å²) in [5, 5.41) is 9.03. The van der Waals surface area contributed by atoms with E-state index in [1.807, 2.05) is 48.7 Å². The molecule has 1 fully saturated rings. The molecule has 146 valence electrons. The molecular weight excluding hydrogens is 356 g/mol. The quantitative estimate of drug-likeness (QED) is 0.435. The molecule has 0 radical (unpaired) electrons. The van der Waals surface area contributed by atoms with E-state index in [4.69, 9.17) is 4.74 Å². The van der Waals surface area contributed by atoms with Crippen LogP contribution in [0.3, 0.4) is 0 Å². The van der Waals surface area contributed by atoms with E-state index in [2.05, 4.69) is 45.1 Å². The van der Waals surface area contributed by atoms with Gasteiger partial charge < -0.3 is 15.4 Å². The Hall–Kier alpha value is -2.05. The highest BCUT2D eigenvalue weighted by molar-refractivity contribution is 7.10. The van der Waals surface area contributed by atoms with Gasteiger partial charge in [-0.05, 0) is 55.9 Å². The van der Waals surface area contributed by atoms with E-state index in [9.17, 15) is 0 Å². The highest BCUT2D eigenvalue weighted by atomic mass is 32.1. The summed E-state index contributed by atoms with van der Waals surface area (Å²) >= 11 is 1.86. The van der Waals surface area contributed by atoms with Gasteiger partial charge in [0.15, 0.2) is 5.96 Å². The van der Waals surface area contributed by atoms with Crippen molar-refractivity contribution in [2.45, 2.75) is 18.9 Å². The van der Waals surface area contributed by atoms with E-state index < -0.39 is 0 Å². The lowest BCUT2D eigenvalue weighted by molar-refractivity contribution is 0.125. The largest absolute Gasteiger partial charge is 0.492 e. The highest BCUT2D eigenvalue weighted by Gasteiger charge is 2.31. The second kappa shape index (κ2) is 10.3. The normalized spacial score (nSPS) is 21.0. The first-order chi connectivity index (χ1) is 13.3. The smallest absolute Gasteiger partial charge is 0.191 e. The average molecular weight is 387 g/mol. The molecular formula is C21H30N4OS. The van der Waals surface area contributed by atoms with E-state index in [0.29, 0.717) is 25.1 Å². The zero-order chi connectivity index (χ0) is 18.9. The van der Waals surface area contributed by atoms with E-state index in [0.717, 1.165) is 18.3 Å². The number of likely N-dealkylation sites (tertiary alicyclic amines) is 1. The Kier molecular flexibility index (Phi) is 7.54. The molecule has 0 aliphatic carbocycles. The number of aliphatic imine (C=N–C) groups is 1. The van der Waals surface area contributed by atoms with Crippen molar-refractivity contribution in [2.24, 2.45) is 10.9 Å². The maximum Gasteiger partial charge on any atom is 0.191 e. The van der Waals surface area contributed by atoms with Gasteiger partial charge in [-0.25, -0.2) is 0 Å². The number of piperidine rings is 1. The molecule has 2 heterocycles. The molecule has 2 aromatic rings. The summed E-state index contributed by atoms with van der Waals surface area (Å²) in [5.41, 5.74) is 0. The van der Waals surface area contributed by atoms with Crippen LogP contribution in [0.15, 0.2) is 52.8 Å². The molecule has 0 bridgehead atoms. The van der Waals surface area contributed by atoms with Gasteiger partial charge in [-0.15, -0.1) is 11.3 Å². The number of para-hydroxylation sites is 1. The van der Waals surface area contributed by atoms with Crippen LogP contribution in [-0.2, 0) is 0 Å². The lowest BCUT2D eigenvalue weighted by atomic mass is 9.88. The van der Waals surface area contributed by atoms with E-state index in [1.54, 1.807) is 0 Å². The molecule has 1 saturated heterocycles. The predicted molar refractivity (Wildman–Crippen MR) is 114 cm³/mol. The molecule has 2 atom stereocenters. The minimum Gasteiger partial charge on any atom is -0.492 e. The van der Waals surface area contributed by atoms with Crippen molar-refractivity contribution in [1.29, 1.82) is 0 Å². The van der Waals surface area contributed by atoms with Crippen LogP contribution < -0.4 is 15.4 Å². The predicted octanol–water partition coefficient (Wildman–Crippen LogP) is 3.38. The Labute approximate surface area is 166 Å². The topological polar surface area (TPSA) is 48.9 Å².